The van der Waals surface area contributed by atoms with Crippen LogP contribution in [0.5, 0.6) is 0 Å². The molecular formula is C11H9NO2S. The second-order valence-corrected chi connectivity index (χ2v) is 3.95. The summed E-state index contributed by atoms with van der Waals surface area (Å²) in [6, 6.07) is 9.31. The Kier molecular flexibility index (Phi) is 3.19. The average Bonchev–Trinajstić information content (AvgIpc) is 2.79. The summed E-state index contributed by atoms with van der Waals surface area (Å²) >= 11 is 1.58. The van der Waals surface area contributed by atoms with Crippen LogP contribution in [0.3, 0.4) is 0 Å². The highest BCUT2D eigenvalue weighted by atomic mass is 32.2. The van der Waals surface area contributed by atoms with E-state index in [1.54, 1.807) is 24.1 Å². The molecule has 0 aliphatic rings. The molecule has 0 aliphatic heterocycles. The molecule has 0 bridgehead atoms. The smallest absolute Gasteiger partial charge is 0.151 e. The Morgan fingerprint density at radius 1 is 1.33 bits per heavy atom. The summed E-state index contributed by atoms with van der Waals surface area (Å²) in [6.07, 6.45) is 2.41. The topological polar surface area (TPSA) is 43.1 Å². The standard InChI is InChI=1S/C11H9NO2S/c13-7-9-3-1-2-4-11(9)15-8-10-5-6-14-12-10/h1-7H,8H2. The molecule has 0 N–H and O–H groups in total. The Morgan fingerprint density at radius 3 is 2.93 bits per heavy atom. The van der Waals surface area contributed by atoms with E-state index in [9.17, 15) is 4.79 Å². The van der Waals surface area contributed by atoms with Crippen LogP contribution in [0, 0.1) is 0 Å². The van der Waals surface area contributed by atoms with Gasteiger partial charge in [0.1, 0.15) is 6.26 Å². The van der Waals surface area contributed by atoms with Crippen molar-refractivity contribution in [3.63, 3.8) is 0 Å². The van der Waals surface area contributed by atoms with Gasteiger partial charge in [-0.2, -0.15) is 0 Å². The number of hydrogen-bond donors (Lipinski definition) is 0. The van der Waals surface area contributed by atoms with Crippen molar-refractivity contribution < 1.29 is 9.32 Å². The molecule has 4 heteroatoms. The van der Waals surface area contributed by atoms with Gasteiger partial charge < -0.3 is 4.52 Å². The maximum atomic E-state index is 10.7. The number of carbonyl (C=O) groups excluding carboxylic acids is 1. The summed E-state index contributed by atoms with van der Waals surface area (Å²) in [5.41, 5.74) is 1.59. The largest absolute Gasteiger partial charge is 0.364 e. The second kappa shape index (κ2) is 4.79. The fraction of sp³-hybridized carbons (Fsp3) is 0.0909. The molecule has 0 atom stereocenters. The van der Waals surface area contributed by atoms with Gasteiger partial charge in [0.25, 0.3) is 0 Å². The van der Waals surface area contributed by atoms with E-state index in [1.807, 2.05) is 24.3 Å². The molecule has 0 amide bonds. The zero-order chi connectivity index (χ0) is 10.5. The number of nitrogens with zero attached hydrogens (tertiary/aromatic N) is 1. The first-order valence-corrected chi connectivity index (χ1v) is 5.45. The molecule has 0 radical (unpaired) electrons. The number of carbonyl (C=O) groups is 1. The maximum absolute atomic E-state index is 10.7. The van der Waals surface area contributed by atoms with Crippen LogP contribution in [0.1, 0.15) is 16.1 Å². The Morgan fingerprint density at radius 2 is 2.20 bits per heavy atom. The first-order chi connectivity index (χ1) is 7.40. The van der Waals surface area contributed by atoms with E-state index in [2.05, 4.69) is 5.16 Å². The molecule has 3 nitrogen and oxygen atoms in total. The molecule has 2 aromatic rings. The lowest BCUT2D eigenvalue weighted by atomic mass is 10.2. The van der Waals surface area contributed by atoms with Gasteiger partial charge in [-0.25, -0.2) is 0 Å². The lowest BCUT2D eigenvalue weighted by Crippen LogP contribution is -1.85. The number of rotatable bonds is 4. The molecule has 0 unspecified atom stereocenters. The minimum Gasteiger partial charge on any atom is -0.364 e. The lowest BCUT2D eigenvalue weighted by Gasteiger charge is -2.01. The van der Waals surface area contributed by atoms with Crippen molar-refractivity contribution in [1.82, 2.24) is 5.16 Å². The van der Waals surface area contributed by atoms with E-state index < -0.39 is 0 Å². The van der Waals surface area contributed by atoms with Crippen molar-refractivity contribution in [3.8, 4) is 0 Å². The number of thioether (sulfide) groups is 1. The van der Waals surface area contributed by atoms with Crippen molar-refractivity contribution in [3.05, 3.63) is 47.9 Å². The molecule has 0 spiro atoms. The number of aromatic nitrogens is 1. The van der Waals surface area contributed by atoms with Gasteiger partial charge in [0.15, 0.2) is 6.29 Å². The Hall–Kier alpha value is -1.55. The fourth-order valence-corrected chi connectivity index (χ4v) is 2.08. The monoisotopic (exact) mass is 219 g/mol. The molecule has 15 heavy (non-hydrogen) atoms. The van der Waals surface area contributed by atoms with Gasteiger partial charge in [0.05, 0.1) is 5.69 Å². The second-order valence-electron chi connectivity index (χ2n) is 2.94. The van der Waals surface area contributed by atoms with Crippen LogP contribution in [-0.4, -0.2) is 11.4 Å². The summed E-state index contributed by atoms with van der Waals surface area (Å²) in [6.45, 7) is 0. The SMILES string of the molecule is O=Cc1ccccc1SCc1ccon1. The molecule has 1 heterocycles. The van der Waals surface area contributed by atoms with Crippen molar-refractivity contribution in [2.24, 2.45) is 0 Å². The molecule has 76 valence electrons. The van der Waals surface area contributed by atoms with E-state index in [4.69, 9.17) is 4.52 Å². The van der Waals surface area contributed by atoms with Gasteiger partial charge in [-0.05, 0) is 6.07 Å². The molecular weight excluding hydrogens is 210 g/mol. The molecule has 0 fully saturated rings. The number of hydrogen-bond acceptors (Lipinski definition) is 4. The summed E-state index contributed by atoms with van der Waals surface area (Å²) in [5.74, 6) is 0.710. The minimum atomic E-state index is 0.710. The van der Waals surface area contributed by atoms with Gasteiger partial charge in [0.2, 0.25) is 0 Å². The lowest BCUT2D eigenvalue weighted by molar-refractivity contribution is 0.112. The van der Waals surface area contributed by atoms with Crippen LogP contribution >= 0.6 is 11.8 Å². The van der Waals surface area contributed by atoms with E-state index in [-0.39, 0.29) is 0 Å². The van der Waals surface area contributed by atoms with Crippen molar-refractivity contribution in [2.75, 3.05) is 0 Å². The van der Waals surface area contributed by atoms with E-state index in [0.29, 0.717) is 11.3 Å². The zero-order valence-electron chi connectivity index (χ0n) is 7.92. The van der Waals surface area contributed by atoms with Crippen LogP contribution in [0.15, 0.2) is 46.0 Å². The van der Waals surface area contributed by atoms with Gasteiger partial charge in [0, 0.05) is 22.3 Å². The van der Waals surface area contributed by atoms with Gasteiger partial charge in [-0.3, -0.25) is 4.79 Å². The van der Waals surface area contributed by atoms with Crippen LogP contribution < -0.4 is 0 Å². The third-order valence-corrected chi connectivity index (χ3v) is 3.04. The van der Waals surface area contributed by atoms with Crippen LogP contribution in [0.2, 0.25) is 0 Å². The highest BCUT2D eigenvalue weighted by Gasteiger charge is 2.03. The third kappa shape index (κ3) is 2.47. The zero-order valence-corrected chi connectivity index (χ0v) is 8.74. The van der Waals surface area contributed by atoms with Crippen molar-refractivity contribution in [2.45, 2.75) is 10.6 Å². The van der Waals surface area contributed by atoms with Crippen LogP contribution in [-0.2, 0) is 5.75 Å². The number of benzene rings is 1. The normalized spacial score (nSPS) is 10.1. The van der Waals surface area contributed by atoms with Gasteiger partial charge in [-0.15, -0.1) is 11.8 Å². The quantitative estimate of drug-likeness (QED) is 0.585. The van der Waals surface area contributed by atoms with Crippen molar-refractivity contribution >= 4 is 18.0 Å². The molecule has 2 rings (SSSR count). The predicted octanol–water partition coefficient (Wildman–Crippen LogP) is 2.78. The molecule has 0 saturated carbocycles. The van der Waals surface area contributed by atoms with Crippen LogP contribution in [0.25, 0.3) is 0 Å². The van der Waals surface area contributed by atoms with E-state index in [1.165, 1.54) is 0 Å². The highest BCUT2D eigenvalue weighted by Crippen LogP contribution is 2.24. The van der Waals surface area contributed by atoms with Gasteiger partial charge >= 0.3 is 0 Å². The number of aldehydes is 1. The minimum absolute atomic E-state index is 0.710. The van der Waals surface area contributed by atoms with Crippen LogP contribution in [0.4, 0.5) is 0 Å². The van der Waals surface area contributed by atoms with Crippen molar-refractivity contribution in [1.29, 1.82) is 0 Å². The highest BCUT2D eigenvalue weighted by molar-refractivity contribution is 7.98. The molecule has 1 aromatic heterocycles. The Balaban J connectivity index is 2.07. The Labute approximate surface area is 91.5 Å². The summed E-state index contributed by atoms with van der Waals surface area (Å²) < 4.78 is 4.73. The van der Waals surface area contributed by atoms with E-state index >= 15 is 0 Å². The first kappa shape index (κ1) is 9.98. The molecule has 1 aromatic carbocycles. The summed E-state index contributed by atoms with van der Waals surface area (Å²) in [7, 11) is 0. The summed E-state index contributed by atoms with van der Waals surface area (Å²) in [4.78, 5) is 11.7. The Bertz CT molecular complexity index is 440. The van der Waals surface area contributed by atoms with E-state index in [0.717, 1.165) is 16.9 Å². The molecule has 0 saturated heterocycles. The molecule has 0 aliphatic carbocycles. The summed E-state index contributed by atoms with van der Waals surface area (Å²) in [5, 5.41) is 3.80. The predicted molar refractivity (Wildman–Crippen MR) is 57.9 cm³/mol. The maximum Gasteiger partial charge on any atom is 0.151 e. The van der Waals surface area contributed by atoms with Gasteiger partial charge in [-0.1, -0.05) is 23.4 Å². The third-order valence-electron chi connectivity index (χ3n) is 1.91. The first-order valence-electron chi connectivity index (χ1n) is 4.46. The fourth-order valence-electron chi connectivity index (χ4n) is 1.17. The average molecular weight is 219 g/mol.